The normalized spacial score (nSPS) is 10.1. The molecule has 0 atom stereocenters. The van der Waals surface area contributed by atoms with E-state index in [2.05, 4.69) is 0 Å². The number of hydrogen-bond acceptors (Lipinski definition) is 5. The van der Waals surface area contributed by atoms with Crippen molar-refractivity contribution in [2.75, 3.05) is 0 Å². The first-order chi connectivity index (χ1) is 9.90. The van der Waals surface area contributed by atoms with Crippen LogP contribution in [-0.2, 0) is 0 Å². The Bertz CT molecular complexity index is 760. The first-order valence-electron chi connectivity index (χ1n) is 5.63. The van der Waals surface area contributed by atoms with Gasteiger partial charge in [-0.25, -0.2) is 0 Å². The number of benzene rings is 2. The summed E-state index contributed by atoms with van der Waals surface area (Å²) in [5, 5.41) is 21.5. The van der Waals surface area contributed by atoms with Crippen LogP contribution in [0.5, 0.6) is 0 Å². The summed E-state index contributed by atoms with van der Waals surface area (Å²) >= 11 is 5.87. The number of nitrogens with zero attached hydrogens (tertiary/aromatic N) is 2. The number of carbonyl (C=O) groups is 1. The van der Waals surface area contributed by atoms with E-state index in [1.165, 1.54) is 30.3 Å². The molecular formula is C13H7ClN2O5. The van der Waals surface area contributed by atoms with Gasteiger partial charge in [0.15, 0.2) is 5.78 Å². The highest BCUT2D eigenvalue weighted by Crippen LogP contribution is 2.25. The highest BCUT2D eigenvalue weighted by atomic mass is 35.5. The van der Waals surface area contributed by atoms with Gasteiger partial charge in [0.2, 0.25) is 0 Å². The van der Waals surface area contributed by atoms with Crippen LogP contribution in [-0.4, -0.2) is 15.6 Å². The van der Waals surface area contributed by atoms with E-state index in [-0.39, 0.29) is 27.5 Å². The molecule has 2 aromatic rings. The second-order valence-electron chi connectivity index (χ2n) is 4.06. The van der Waals surface area contributed by atoms with E-state index in [0.717, 1.165) is 12.1 Å². The minimum atomic E-state index is -0.652. The molecule has 0 aromatic heterocycles. The number of nitro groups is 2. The quantitative estimate of drug-likeness (QED) is 0.489. The topological polar surface area (TPSA) is 103 Å². The Morgan fingerprint density at radius 3 is 2.19 bits per heavy atom. The Balaban J connectivity index is 2.49. The standard InChI is InChI=1S/C13H7ClN2O5/c14-12-5-4-10(16(20)21)7-11(12)13(17)8-2-1-3-9(6-8)15(18)19/h1-7H. The lowest BCUT2D eigenvalue weighted by molar-refractivity contribution is -0.385. The average Bonchev–Trinajstić information content (AvgIpc) is 2.47. The fourth-order valence-corrected chi connectivity index (χ4v) is 1.92. The van der Waals surface area contributed by atoms with E-state index in [0.29, 0.717) is 0 Å². The molecule has 21 heavy (non-hydrogen) atoms. The van der Waals surface area contributed by atoms with Gasteiger partial charge in [-0.05, 0) is 6.07 Å². The third-order valence-corrected chi connectivity index (χ3v) is 3.05. The minimum absolute atomic E-state index is 0.0339. The number of ketones is 1. The fraction of sp³-hybridized carbons (Fsp3) is 0. The van der Waals surface area contributed by atoms with Crippen LogP contribution in [0.4, 0.5) is 11.4 Å². The number of halogens is 1. The second-order valence-corrected chi connectivity index (χ2v) is 4.47. The lowest BCUT2D eigenvalue weighted by Gasteiger charge is -2.04. The van der Waals surface area contributed by atoms with Crippen molar-refractivity contribution in [2.45, 2.75) is 0 Å². The fourth-order valence-electron chi connectivity index (χ4n) is 1.72. The van der Waals surface area contributed by atoms with E-state index < -0.39 is 15.6 Å². The van der Waals surface area contributed by atoms with E-state index >= 15 is 0 Å². The zero-order valence-electron chi connectivity index (χ0n) is 10.4. The molecule has 0 saturated carbocycles. The van der Waals surface area contributed by atoms with Crippen molar-refractivity contribution in [3.63, 3.8) is 0 Å². The number of non-ortho nitro benzene ring substituents is 2. The van der Waals surface area contributed by atoms with Crippen LogP contribution in [0.25, 0.3) is 0 Å². The monoisotopic (exact) mass is 306 g/mol. The number of carbonyl (C=O) groups excluding carboxylic acids is 1. The molecule has 0 aliphatic heterocycles. The highest BCUT2D eigenvalue weighted by molar-refractivity contribution is 6.35. The van der Waals surface area contributed by atoms with E-state index in [4.69, 9.17) is 11.6 Å². The van der Waals surface area contributed by atoms with Crippen LogP contribution < -0.4 is 0 Å². The Morgan fingerprint density at radius 2 is 1.57 bits per heavy atom. The minimum Gasteiger partial charge on any atom is -0.289 e. The van der Waals surface area contributed by atoms with Crippen molar-refractivity contribution < 1.29 is 14.6 Å². The smallest absolute Gasteiger partial charge is 0.270 e. The van der Waals surface area contributed by atoms with Crippen molar-refractivity contribution in [2.24, 2.45) is 0 Å². The van der Waals surface area contributed by atoms with Crippen molar-refractivity contribution in [3.05, 3.63) is 78.8 Å². The molecule has 0 N–H and O–H groups in total. The predicted octanol–water partition coefficient (Wildman–Crippen LogP) is 3.39. The molecule has 106 valence electrons. The zero-order chi connectivity index (χ0) is 15.6. The van der Waals surface area contributed by atoms with Crippen LogP contribution >= 0.6 is 11.6 Å². The average molecular weight is 307 g/mol. The summed E-state index contributed by atoms with van der Waals surface area (Å²) in [5.74, 6) is -0.618. The molecule has 8 heteroatoms. The summed E-state index contributed by atoms with van der Waals surface area (Å²) in [4.78, 5) is 32.4. The predicted molar refractivity (Wildman–Crippen MR) is 74.6 cm³/mol. The molecule has 0 heterocycles. The molecule has 0 saturated heterocycles. The maximum atomic E-state index is 12.3. The maximum absolute atomic E-state index is 12.3. The second kappa shape index (κ2) is 5.68. The van der Waals surface area contributed by atoms with Crippen LogP contribution in [0, 0.1) is 20.2 Å². The summed E-state index contributed by atoms with van der Waals surface area (Å²) in [7, 11) is 0. The zero-order valence-corrected chi connectivity index (χ0v) is 11.1. The van der Waals surface area contributed by atoms with Gasteiger partial charge in [0.25, 0.3) is 11.4 Å². The van der Waals surface area contributed by atoms with Crippen LogP contribution in [0.15, 0.2) is 42.5 Å². The molecular weight excluding hydrogens is 300 g/mol. The molecule has 0 fully saturated rings. The van der Waals surface area contributed by atoms with Gasteiger partial charge in [0.05, 0.1) is 14.9 Å². The van der Waals surface area contributed by atoms with Crippen molar-refractivity contribution in [3.8, 4) is 0 Å². The Labute approximate surface area is 123 Å². The summed E-state index contributed by atoms with van der Waals surface area (Å²) in [6, 6.07) is 8.53. The van der Waals surface area contributed by atoms with Crippen molar-refractivity contribution >= 4 is 28.8 Å². The van der Waals surface area contributed by atoms with Gasteiger partial charge in [0, 0.05) is 35.4 Å². The lowest BCUT2D eigenvalue weighted by atomic mass is 10.0. The largest absolute Gasteiger partial charge is 0.289 e. The maximum Gasteiger partial charge on any atom is 0.270 e. The first kappa shape index (κ1) is 14.6. The van der Waals surface area contributed by atoms with Crippen LogP contribution in [0.1, 0.15) is 15.9 Å². The Morgan fingerprint density at radius 1 is 0.952 bits per heavy atom. The van der Waals surface area contributed by atoms with Gasteiger partial charge < -0.3 is 0 Å². The Hall–Kier alpha value is -2.80. The molecule has 2 aromatic carbocycles. The summed E-state index contributed by atoms with van der Waals surface area (Å²) in [5.41, 5.74) is -0.575. The third kappa shape index (κ3) is 3.03. The lowest BCUT2D eigenvalue weighted by Crippen LogP contribution is -2.04. The molecule has 0 bridgehead atoms. The summed E-state index contributed by atoms with van der Waals surface area (Å²) in [6.45, 7) is 0. The molecule has 0 radical (unpaired) electrons. The summed E-state index contributed by atoms with van der Waals surface area (Å²) < 4.78 is 0. The van der Waals surface area contributed by atoms with E-state index in [1.54, 1.807) is 0 Å². The van der Waals surface area contributed by atoms with E-state index in [9.17, 15) is 25.0 Å². The molecule has 0 spiro atoms. The third-order valence-electron chi connectivity index (χ3n) is 2.72. The summed E-state index contributed by atoms with van der Waals surface area (Å²) in [6.07, 6.45) is 0. The molecule has 0 amide bonds. The van der Waals surface area contributed by atoms with Gasteiger partial charge in [-0.15, -0.1) is 0 Å². The number of rotatable bonds is 4. The number of hydrogen-bond donors (Lipinski definition) is 0. The van der Waals surface area contributed by atoms with Gasteiger partial charge in [-0.3, -0.25) is 25.0 Å². The molecule has 0 aliphatic carbocycles. The van der Waals surface area contributed by atoms with Gasteiger partial charge in [-0.1, -0.05) is 23.7 Å². The van der Waals surface area contributed by atoms with Crippen LogP contribution in [0.3, 0.4) is 0 Å². The van der Waals surface area contributed by atoms with Crippen molar-refractivity contribution in [1.29, 1.82) is 0 Å². The van der Waals surface area contributed by atoms with Gasteiger partial charge >= 0.3 is 0 Å². The number of nitro benzene ring substituents is 2. The molecule has 7 nitrogen and oxygen atoms in total. The molecule has 0 unspecified atom stereocenters. The van der Waals surface area contributed by atoms with Gasteiger partial charge in [-0.2, -0.15) is 0 Å². The SMILES string of the molecule is O=C(c1cccc([N+](=O)[O-])c1)c1cc([N+](=O)[O-])ccc1Cl. The first-order valence-corrected chi connectivity index (χ1v) is 6.01. The molecule has 0 aliphatic rings. The van der Waals surface area contributed by atoms with Crippen molar-refractivity contribution in [1.82, 2.24) is 0 Å². The Kier molecular flexibility index (Phi) is 3.95. The van der Waals surface area contributed by atoms with Gasteiger partial charge in [0.1, 0.15) is 0 Å². The van der Waals surface area contributed by atoms with Crippen LogP contribution in [0.2, 0.25) is 5.02 Å². The highest BCUT2D eigenvalue weighted by Gasteiger charge is 2.19. The van der Waals surface area contributed by atoms with E-state index in [1.807, 2.05) is 0 Å². The molecule has 2 rings (SSSR count).